The Bertz CT molecular complexity index is 1050. The number of fused-ring (bicyclic) bond motifs is 1. The molecule has 0 aliphatic carbocycles. The molecule has 7 heteroatoms. The number of carbonyl (C=O) groups is 1. The van der Waals surface area contributed by atoms with Crippen LogP contribution in [0.1, 0.15) is 41.6 Å². The quantitative estimate of drug-likeness (QED) is 0.496. The number of benzene rings is 2. The van der Waals surface area contributed by atoms with E-state index in [4.69, 9.17) is 21.3 Å². The first-order valence-corrected chi connectivity index (χ1v) is 11.5. The molecule has 2 heterocycles. The highest BCUT2D eigenvalue weighted by Gasteiger charge is 2.36. The van der Waals surface area contributed by atoms with Crippen molar-refractivity contribution in [3.05, 3.63) is 75.3 Å². The van der Waals surface area contributed by atoms with Gasteiger partial charge in [0.2, 0.25) is 5.91 Å². The van der Waals surface area contributed by atoms with Crippen molar-refractivity contribution in [2.24, 2.45) is 5.92 Å². The fourth-order valence-electron chi connectivity index (χ4n) is 4.03. The minimum Gasteiger partial charge on any atom is -0.497 e. The molecule has 31 heavy (non-hydrogen) atoms. The molecule has 0 saturated heterocycles. The molecule has 2 aromatic carbocycles. The van der Waals surface area contributed by atoms with Gasteiger partial charge in [0.15, 0.2) is 5.13 Å². The summed E-state index contributed by atoms with van der Waals surface area (Å²) >= 11 is 7.60. The Morgan fingerprint density at radius 3 is 2.52 bits per heavy atom. The average Bonchev–Trinajstić information content (AvgIpc) is 3.26. The molecule has 1 atom stereocenters. The molecule has 0 spiro atoms. The van der Waals surface area contributed by atoms with Crippen molar-refractivity contribution < 1.29 is 9.53 Å². The van der Waals surface area contributed by atoms with Gasteiger partial charge < -0.3 is 10.1 Å². The van der Waals surface area contributed by atoms with Gasteiger partial charge in [0.25, 0.3) is 0 Å². The van der Waals surface area contributed by atoms with Crippen LogP contribution in [0.3, 0.4) is 0 Å². The van der Waals surface area contributed by atoms with Gasteiger partial charge in [-0.1, -0.05) is 49.7 Å². The second kappa shape index (κ2) is 9.39. The van der Waals surface area contributed by atoms with Crippen molar-refractivity contribution in [3.63, 3.8) is 0 Å². The Hall–Kier alpha value is -2.41. The zero-order valence-electron chi connectivity index (χ0n) is 17.9. The van der Waals surface area contributed by atoms with Crippen molar-refractivity contribution in [2.75, 3.05) is 12.4 Å². The Labute approximate surface area is 192 Å². The summed E-state index contributed by atoms with van der Waals surface area (Å²) in [7, 11) is 1.63. The van der Waals surface area contributed by atoms with E-state index in [0.29, 0.717) is 17.5 Å². The third-order valence-electron chi connectivity index (χ3n) is 5.45. The third kappa shape index (κ3) is 5.09. The number of anilines is 1. The number of nitrogens with one attached hydrogen (secondary N) is 1. The second-order valence-corrected chi connectivity index (χ2v) is 9.64. The highest BCUT2D eigenvalue weighted by Crippen LogP contribution is 2.43. The molecule has 1 aromatic heterocycles. The van der Waals surface area contributed by atoms with E-state index in [2.05, 4.69) is 36.2 Å². The maximum atomic E-state index is 12.5. The predicted molar refractivity (Wildman–Crippen MR) is 126 cm³/mol. The lowest BCUT2D eigenvalue weighted by molar-refractivity contribution is -0.115. The van der Waals surface area contributed by atoms with E-state index in [-0.39, 0.29) is 11.9 Å². The topological polar surface area (TPSA) is 54.5 Å². The van der Waals surface area contributed by atoms with E-state index in [1.807, 2.05) is 36.4 Å². The highest BCUT2D eigenvalue weighted by atomic mass is 35.5. The van der Waals surface area contributed by atoms with E-state index in [0.717, 1.165) is 35.1 Å². The number of halogens is 1. The molecule has 0 bridgehead atoms. The fourth-order valence-corrected chi connectivity index (χ4v) is 5.19. The van der Waals surface area contributed by atoms with Crippen LogP contribution in [-0.2, 0) is 24.3 Å². The van der Waals surface area contributed by atoms with Gasteiger partial charge in [-0.2, -0.15) is 0 Å². The van der Waals surface area contributed by atoms with Crippen molar-refractivity contribution in [2.45, 2.75) is 39.4 Å². The first kappa shape index (κ1) is 21.8. The molecule has 162 valence electrons. The van der Waals surface area contributed by atoms with Crippen LogP contribution >= 0.6 is 22.9 Å². The lowest BCUT2D eigenvalue weighted by atomic mass is 10.0. The van der Waals surface area contributed by atoms with Crippen LogP contribution < -0.4 is 10.1 Å². The maximum Gasteiger partial charge on any atom is 0.230 e. The van der Waals surface area contributed by atoms with Gasteiger partial charge in [-0.15, -0.1) is 11.3 Å². The second-order valence-electron chi connectivity index (χ2n) is 8.12. The zero-order valence-corrected chi connectivity index (χ0v) is 19.5. The van der Waals surface area contributed by atoms with Gasteiger partial charge in [-0.05, 0) is 41.3 Å². The molecule has 1 amide bonds. The van der Waals surface area contributed by atoms with Gasteiger partial charge in [-0.25, -0.2) is 4.98 Å². The summed E-state index contributed by atoms with van der Waals surface area (Å²) < 4.78 is 5.17. The van der Waals surface area contributed by atoms with Crippen molar-refractivity contribution >= 4 is 34.0 Å². The van der Waals surface area contributed by atoms with Crippen LogP contribution in [0.5, 0.6) is 5.75 Å². The summed E-state index contributed by atoms with van der Waals surface area (Å²) in [6.07, 6.45) is 0.310. The number of hydrogen-bond acceptors (Lipinski definition) is 5. The van der Waals surface area contributed by atoms with Crippen molar-refractivity contribution in [3.8, 4) is 5.75 Å². The van der Waals surface area contributed by atoms with Gasteiger partial charge in [-0.3, -0.25) is 9.69 Å². The first-order valence-electron chi connectivity index (χ1n) is 10.3. The Morgan fingerprint density at radius 1 is 1.19 bits per heavy atom. The number of amides is 1. The molecular formula is C24H26ClN3O2S. The largest absolute Gasteiger partial charge is 0.497 e. The molecule has 0 unspecified atom stereocenters. The monoisotopic (exact) mass is 455 g/mol. The number of aromatic nitrogens is 1. The van der Waals surface area contributed by atoms with Gasteiger partial charge in [0, 0.05) is 23.0 Å². The number of thiazole rings is 1. The minimum atomic E-state index is -0.0586. The average molecular weight is 456 g/mol. The van der Waals surface area contributed by atoms with Crippen LogP contribution in [0.25, 0.3) is 0 Å². The molecule has 5 nitrogen and oxygen atoms in total. The predicted octanol–water partition coefficient (Wildman–Crippen LogP) is 5.70. The molecular weight excluding hydrogens is 430 g/mol. The van der Waals surface area contributed by atoms with Crippen LogP contribution in [0.15, 0.2) is 48.5 Å². The van der Waals surface area contributed by atoms with Crippen LogP contribution in [0.4, 0.5) is 5.13 Å². The molecule has 0 radical (unpaired) electrons. The molecule has 0 fully saturated rings. The molecule has 3 aromatic rings. The number of ether oxygens (including phenoxy) is 1. The van der Waals surface area contributed by atoms with Crippen LogP contribution in [-0.4, -0.2) is 22.9 Å². The van der Waals surface area contributed by atoms with Crippen LogP contribution in [0.2, 0.25) is 5.02 Å². The summed E-state index contributed by atoms with van der Waals surface area (Å²) in [6.45, 7) is 6.13. The lowest BCUT2D eigenvalue weighted by Crippen LogP contribution is -2.26. The molecule has 1 N–H and O–H groups in total. The van der Waals surface area contributed by atoms with E-state index < -0.39 is 0 Å². The minimum absolute atomic E-state index is 0.0586. The molecule has 1 aliphatic heterocycles. The third-order valence-corrected chi connectivity index (χ3v) is 6.67. The lowest BCUT2D eigenvalue weighted by Gasteiger charge is -2.27. The maximum absolute atomic E-state index is 12.5. The molecule has 4 rings (SSSR count). The van der Waals surface area contributed by atoms with E-state index in [1.165, 1.54) is 10.4 Å². The van der Waals surface area contributed by atoms with E-state index in [1.54, 1.807) is 18.4 Å². The summed E-state index contributed by atoms with van der Waals surface area (Å²) in [5.74, 6) is 1.14. The van der Waals surface area contributed by atoms with Gasteiger partial charge in [0.05, 0.1) is 25.3 Å². The normalized spacial score (nSPS) is 15.8. The summed E-state index contributed by atoms with van der Waals surface area (Å²) in [5.41, 5.74) is 3.27. The van der Waals surface area contributed by atoms with Crippen molar-refractivity contribution in [1.29, 1.82) is 0 Å². The van der Waals surface area contributed by atoms with Gasteiger partial charge >= 0.3 is 0 Å². The summed E-state index contributed by atoms with van der Waals surface area (Å²) in [5, 5.41) is 4.41. The van der Waals surface area contributed by atoms with Gasteiger partial charge in [0.1, 0.15) is 5.75 Å². The fraction of sp³-hybridized carbons (Fsp3) is 0.333. The number of nitrogens with zero attached hydrogens (tertiary/aromatic N) is 2. The molecule has 0 saturated carbocycles. The Kier molecular flexibility index (Phi) is 6.60. The Balaban J connectivity index is 1.43. The van der Waals surface area contributed by atoms with Crippen LogP contribution in [0, 0.1) is 5.92 Å². The number of carbonyl (C=O) groups excluding carboxylic acids is 1. The number of methoxy groups -OCH3 is 1. The molecule has 1 aliphatic rings. The zero-order chi connectivity index (χ0) is 22.0. The summed E-state index contributed by atoms with van der Waals surface area (Å²) in [4.78, 5) is 21.0. The SMILES string of the molecule is COc1ccc(CC(=O)Nc2nc3c(s2)CN(Cc2ccc(Cl)cc2)[C@H]3C(C)C)cc1. The smallest absolute Gasteiger partial charge is 0.230 e. The van der Waals surface area contributed by atoms with E-state index in [9.17, 15) is 4.79 Å². The Morgan fingerprint density at radius 2 is 1.87 bits per heavy atom. The first-order chi connectivity index (χ1) is 14.9. The standard InChI is InChI=1S/C24H26ClN3O2S/c1-15(2)23-22-20(14-28(23)13-17-4-8-18(25)9-5-17)31-24(27-22)26-21(29)12-16-6-10-19(30-3)11-7-16/h4-11,15,23H,12-14H2,1-3H3,(H,26,27,29)/t23-/m0/s1. The number of rotatable bonds is 7. The summed E-state index contributed by atoms with van der Waals surface area (Å²) in [6, 6.07) is 15.8. The van der Waals surface area contributed by atoms with E-state index >= 15 is 0 Å². The number of hydrogen-bond donors (Lipinski definition) is 1. The van der Waals surface area contributed by atoms with Crippen molar-refractivity contribution in [1.82, 2.24) is 9.88 Å². The highest BCUT2D eigenvalue weighted by molar-refractivity contribution is 7.15.